The van der Waals surface area contributed by atoms with E-state index in [0.717, 1.165) is 33.2 Å². The van der Waals surface area contributed by atoms with E-state index in [0.29, 0.717) is 23.4 Å². The minimum Gasteiger partial charge on any atom is -0.344 e. The van der Waals surface area contributed by atoms with Crippen LogP contribution < -0.4 is 5.69 Å². The van der Waals surface area contributed by atoms with Crippen LogP contribution in [0.15, 0.2) is 78.1 Å². The lowest BCUT2D eigenvalue weighted by Gasteiger charge is -2.13. The third kappa shape index (κ3) is 4.10. The van der Waals surface area contributed by atoms with Gasteiger partial charge in [0, 0.05) is 38.4 Å². The van der Waals surface area contributed by atoms with Crippen LogP contribution in [0.2, 0.25) is 0 Å². The number of aromatic nitrogens is 7. The average molecular weight is 521 g/mol. The lowest BCUT2D eigenvalue weighted by atomic mass is 10.0. The van der Waals surface area contributed by atoms with Crippen molar-refractivity contribution in [2.24, 2.45) is 7.05 Å². The summed E-state index contributed by atoms with van der Waals surface area (Å²) >= 11 is 0. The minimum absolute atomic E-state index is 0.0466. The van der Waals surface area contributed by atoms with E-state index >= 15 is 0 Å². The normalized spacial score (nSPS) is 11.5. The fourth-order valence-electron chi connectivity index (χ4n) is 4.87. The highest BCUT2D eigenvalue weighted by Crippen LogP contribution is 2.30. The van der Waals surface area contributed by atoms with E-state index < -0.39 is 0 Å². The second kappa shape index (κ2) is 9.39. The summed E-state index contributed by atoms with van der Waals surface area (Å²) in [5, 5.41) is 9.70. The molecule has 0 unspecified atom stereocenters. The molecule has 6 aromatic rings. The third-order valence-corrected chi connectivity index (χ3v) is 7.21. The van der Waals surface area contributed by atoms with Crippen molar-refractivity contribution in [3.8, 4) is 22.5 Å². The first-order valence-electron chi connectivity index (χ1n) is 12.7. The topological polar surface area (TPSA) is 95.8 Å². The molecule has 2 aromatic carbocycles. The molecule has 6 rings (SSSR count). The molecular weight excluding hydrogens is 492 g/mol. The molecule has 0 aliphatic carbocycles. The molecule has 10 nitrogen and oxygen atoms in total. The number of carbonyl (C=O) groups is 1. The Labute approximate surface area is 224 Å². The number of rotatable bonds is 6. The molecule has 39 heavy (non-hydrogen) atoms. The fraction of sp³-hybridized carbons (Fsp3) is 0.207. The smallest absolute Gasteiger partial charge is 0.333 e. The van der Waals surface area contributed by atoms with Crippen molar-refractivity contribution in [1.82, 2.24) is 38.6 Å². The molecule has 4 heterocycles. The summed E-state index contributed by atoms with van der Waals surface area (Å²) in [6.07, 6.45) is 7.15. The zero-order valence-corrected chi connectivity index (χ0v) is 22.2. The van der Waals surface area contributed by atoms with Gasteiger partial charge in [-0.25, -0.2) is 9.48 Å². The Bertz CT molecular complexity index is 1890. The first-order chi connectivity index (χ1) is 18.9. The Hall–Kier alpha value is -4.99. The van der Waals surface area contributed by atoms with Crippen molar-refractivity contribution in [3.63, 3.8) is 0 Å². The van der Waals surface area contributed by atoms with Crippen LogP contribution in [0.25, 0.3) is 44.4 Å². The lowest BCUT2D eigenvalue weighted by Crippen LogP contribution is -2.30. The summed E-state index contributed by atoms with van der Waals surface area (Å²) in [5.41, 5.74) is 6.36. The van der Waals surface area contributed by atoms with Crippen molar-refractivity contribution in [1.29, 1.82) is 0 Å². The van der Waals surface area contributed by atoms with Crippen molar-refractivity contribution in [2.75, 3.05) is 13.6 Å². The molecule has 10 heteroatoms. The van der Waals surface area contributed by atoms with Gasteiger partial charge in [-0.1, -0.05) is 18.2 Å². The number of imidazole rings is 1. The number of carbonyl (C=O) groups excluding carboxylic acids is 1. The number of nitrogens with zero attached hydrogens (tertiary/aromatic N) is 8. The van der Waals surface area contributed by atoms with Crippen molar-refractivity contribution in [2.45, 2.75) is 20.4 Å². The van der Waals surface area contributed by atoms with Gasteiger partial charge in [0.2, 0.25) is 5.91 Å². The molecular formula is C29H28N8O2. The molecule has 0 saturated carbocycles. The Morgan fingerprint density at radius 2 is 1.85 bits per heavy atom. The van der Waals surface area contributed by atoms with Crippen molar-refractivity contribution < 1.29 is 4.79 Å². The van der Waals surface area contributed by atoms with Crippen LogP contribution in [0.5, 0.6) is 0 Å². The van der Waals surface area contributed by atoms with Crippen molar-refractivity contribution >= 4 is 27.8 Å². The van der Waals surface area contributed by atoms with Crippen LogP contribution in [0, 0.1) is 6.92 Å². The minimum atomic E-state index is -0.201. The molecule has 0 bridgehead atoms. The Balaban J connectivity index is 1.49. The number of hydrogen-bond acceptors (Lipinski definition) is 5. The second-order valence-corrected chi connectivity index (χ2v) is 9.60. The van der Waals surface area contributed by atoms with E-state index in [1.54, 1.807) is 51.4 Å². The first-order valence-corrected chi connectivity index (χ1v) is 12.7. The van der Waals surface area contributed by atoms with Crippen LogP contribution in [0.1, 0.15) is 12.6 Å². The highest BCUT2D eigenvalue weighted by molar-refractivity contribution is 6.04. The lowest BCUT2D eigenvalue weighted by molar-refractivity contribution is -0.130. The maximum absolute atomic E-state index is 13.6. The van der Waals surface area contributed by atoms with Crippen molar-refractivity contribution in [3.05, 3.63) is 89.5 Å². The summed E-state index contributed by atoms with van der Waals surface area (Å²) in [7, 11) is 3.50. The zero-order valence-electron chi connectivity index (χ0n) is 22.2. The van der Waals surface area contributed by atoms with Gasteiger partial charge in [-0.15, -0.1) is 0 Å². The number of hydrogen-bond donors (Lipinski definition) is 0. The van der Waals surface area contributed by atoms with Gasteiger partial charge in [-0.2, -0.15) is 10.2 Å². The summed E-state index contributed by atoms with van der Waals surface area (Å²) in [5.74, 6) is -0.0466. The molecule has 1 amide bonds. The molecule has 0 atom stereocenters. The van der Waals surface area contributed by atoms with E-state index in [2.05, 4.69) is 33.4 Å². The Morgan fingerprint density at radius 1 is 1.08 bits per heavy atom. The highest BCUT2D eigenvalue weighted by atomic mass is 16.2. The maximum Gasteiger partial charge on any atom is 0.333 e. The van der Waals surface area contributed by atoms with E-state index in [1.807, 2.05) is 55.1 Å². The largest absolute Gasteiger partial charge is 0.344 e. The molecule has 0 radical (unpaired) electrons. The van der Waals surface area contributed by atoms with Crippen LogP contribution in [0.4, 0.5) is 0 Å². The van der Waals surface area contributed by atoms with Gasteiger partial charge in [-0.3, -0.25) is 23.6 Å². The maximum atomic E-state index is 13.6. The SMILES string of the molecule is CCN(C)C(=O)Cn1cc(-n2c(=O)n(C)c3cnc4ccc(-c5ccc(-n6cccn6)cc5)cc4c32)c(C)n1. The quantitative estimate of drug-likeness (QED) is 0.334. The average Bonchev–Trinajstić information content (AvgIpc) is 3.67. The first kappa shape index (κ1) is 24.4. The third-order valence-electron chi connectivity index (χ3n) is 7.21. The number of aryl methyl sites for hydroxylation is 2. The van der Waals surface area contributed by atoms with Gasteiger partial charge in [0.15, 0.2) is 0 Å². The van der Waals surface area contributed by atoms with E-state index in [-0.39, 0.29) is 18.1 Å². The van der Waals surface area contributed by atoms with Gasteiger partial charge in [-0.05, 0) is 55.3 Å². The van der Waals surface area contributed by atoms with Gasteiger partial charge in [0.25, 0.3) is 0 Å². The molecule has 4 aromatic heterocycles. The van der Waals surface area contributed by atoms with E-state index in [1.165, 1.54) is 0 Å². The highest BCUT2D eigenvalue weighted by Gasteiger charge is 2.20. The van der Waals surface area contributed by atoms with Gasteiger partial charge in [0.1, 0.15) is 6.54 Å². The molecule has 0 N–H and O–H groups in total. The predicted octanol–water partition coefficient (Wildman–Crippen LogP) is 3.71. The van der Waals surface area contributed by atoms with E-state index in [9.17, 15) is 9.59 Å². The van der Waals surface area contributed by atoms with Gasteiger partial charge >= 0.3 is 5.69 Å². The molecule has 0 fully saturated rings. The number of benzene rings is 2. The molecule has 0 aliphatic heterocycles. The van der Waals surface area contributed by atoms with Gasteiger partial charge < -0.3 is 4.90 Å². The second-order valence-electron chi connectivity index (χ2n) is 9.60. The summed E-state index contributed by atoms with van der Waals surface area (Å²) < 4.78 is 6.69. The Kier molecular flexibility index (Phi) is 5.86. The standard InChI is InChI=1S/C29H28N8O2/c1-5-33(3)27(38)18-35-17-26(19(2)32-35)37-28-23-15-21(9-12-24(23)30-16-25(28)34(4)29(37)39)20-7-10-22(11-8-20)36-14-6-13-31-36/h6-17H,5,18H2,1-4H3. The molecule has 0 spiro atoms. The summed E-state index contributed by atoms with van der Waals surface area (Å²) in [4.78, 5) is 32.3. The number of amides is 1. The van der Waals surface area contributed by atoms with Crippen LogP contribution in [0.3, 0.4) is 0 Å². The molecule has 0 saturated heterocycles. The predicted molar refractivity (Wildman–Crippen MR) is 150 cm³/mol. The van der Waals surface area contributed by atoms with Crippen LogP contribution in [-0.2, 0) is 18.4 Å². The summed E-state index contributed by atoms with van der Waals surface area (Å²) in [6.45, 7) is 4.49. The summed E-state index contributed by atoms with van der Waals surface area (Å²) in [6, 6.07) is 16.1. The molecule has 196 valence electrons. The number of likely N-dealkylation sites (N-methyl/N-ethyl adjacent to an activating group) is 1. The molecule has 0 aliphatic rings. The fourth-order valence-corrected chi connectivity index (χ4v) is 4.87. The Morgan fingerprint density at radius 3 is 2.56 bits per heavy atom. The van der Waals surface area contributed by atoms with E-state index in [4.69, 9.17) is 0 Å². The van der Waals surface area contributed by atoms with Gasteiger partial charge in [0.05, 0.1) is 46.0 Å². The number of fused-ring (bicyclic) bond motifs is 3. The van der Waals surface area contributed by atoms with Crippen LogP contribution >= 0.6 is 0 Å². The number of pyridine rings is 1. The zero-order chi connectivity index (χ0) is 27.3. The van der Waals surface area contributed by atoms with Crippen LogP contribution in [-0.4, -0.2) is 58.1 Å². The monoisotopic (exact) mass is 520 g/mol.